The molecule has 17 heavy (non-hydrogen) atoms. The van der Waals surface area contributed by atoms with Crippen LogP contribution in [0.2, 0.25) is 0 Å². The minimum atomic E-state index is -0.618. The molecule has 0 bridgehead atoms. The van der Waals surface area contributed by atoms with Gasteiger partial charge in [-0.25, -0.2) is 0 Å². The number of nitrogens with two attached hydrogens (primary N) is 1. The molecule has 0 aliphatic heterocycles. The van der Waals surface area contributed by atoms with Crippen LogP contribution in [0, 0.1) is 0 Å². The van der Waals surface area contributed by atoms with Gasteiger partial charge in [0.25, 0.3) is 0 Å². The largest absolute Gasteiger partial charge is 0.467 e. The summed E-state index contributed by atoms with van der Waals surface area (Å²) in [5, 5.41) is 4.72. The van der Waals surface area contributed by atoms with Crippen LogP contribution in [0.4, 0.5) is 0 Å². The van der Waals surface area contributed by atoms with E-state index in [-0.39, 0.29) is 11.9 Å². The molecule has 90 valence electrons. The molecule has 4 nitrogen and oxygen atoms in total. The second-order valence-corrected chi connectivity index (χ2v) is 4.72. The highest BCUT2D eigenvalue weighted by atomic mass is 32.1. The highest BCUT2D eigenvalue weighted by molar-refractivity contribution is 7.10. The minimum absolute atomic E-state index is 0.177. The van der Waals surface area contributed by atoms with Crippen LogP contribution in [0.5, 0.6) is 0 Å². The van der Waals surface area contributed by atoms with Crippen LogP contribution in [-0.4, -0.2) is 5.91 Å². The molecule has 0 saturated carbocycles. The molecule has 1 amide bonds. The van der Waals surface area contributed by atoms with Gasteiger partial charge in [-0.15, -0.1) is 11.3 Å². The van der Waals surface area contributed by atoms with Gasteiger partial charge in [-0.05, 0) is 30.5 Å². The van der Waals surface area contributed by atoms with E-state index in [0.29, 0.717) is 0 Å². The Hall–Kier alpha value is -1.59. The lowest BCUT2D eigenvalue weighted by atomic mass is 10.2. The van der Waals surface area contributed by atoms with Crippen LogP contribution in [0.25, 0.3) is 0 Å². The van der Waals surface area contributed by atoms with Crippen molar-refractivity contribution in [3.8, 4) is 0 Å². The Morgan fingerprint density at radius 1 is 1.47 bits per heavy atom. The number of carbonyl (C=O) groups is 1. The summed E-state index contributed by atoms with van der Waals surface area (Å²) in [6, 6.07) is 6.55. The van der Waals surface area contributed by atoms with E-state index >= 15 is 0 Å². The summed E-state index contributed by atoms with van der Waals surface area (Å²) in [6.45, 7) is 1.86. The van der Waals surface area contributed by atoms with E-state index in [0.717, 1.165) is 10.6 Å². The van der Waals surface area contributed by atoms with E-state index in [1.54, 1.807) is 12.3 Å². The average molecular weight is 250 g/mol. The first-order valence-corrected chi connectivity index (χ1v) is 6.19. The van der Waals surface area contributed by atoms with Crippen molar-refractivity contribution in [2.24, 2.45) is 5.73 Å². The molecule has 1 unspecified atom stereocenters. The van der Waals surface area contributed by atoms with Gasteiger partial charge in [-0.1, -0.05) is 6.07 Å². The highest BCUT2D eigenvalue weighted by Gasteiger charge is 2.19. The lowest BCUT2D eigenvalue weighted by molar-refractivity contribution is -0.123. The molecule has 0 fully saturated rings. The number of amides is 1. The summed E-state index contributed by atoms with van der Waals surface area (Å²) in [5.74, 6) is 0.521. The van der Waals surface area contributed by atoms with E-state index in [2.05, 4.69) is 5.32 Å². The van der Waals surface area contributed by atoms with Crippen molar-refractivity contribution in [3.63, 3.8) is 0 Å². The lowest BCUT2D eigenvalue weighted by Crippen LogP contribution is -2.35. The first-order valence-electron chi connectivity index (χ1n) is 5.31. The molecular weight excluding hydrogens is 236 g/mol. The van der Waals surface area contributed by atoms with Crippen molar-refractivity contribution in [3.05, 3.63) is 46.5 Å². The van der Waals surface area contributed by atoms with Crippen LogP contribution in [0.3, 0.4) is 0 Å². The molecule has 2 aromatic heterocycles. The Kier molecular flexibility index (Phi) is 3.61. The average Bonchev–Trinajstić information content (AvgIpc) is 3.00. The van der Waals surface area contributed by atoms with Crippen LogP contribution in [0.15, 0.2) is 40.3 Å². The quantitative estimate of drug-likeness (QED) is 0.874. The number of rotatable bonds is 4. The first-order chi connectivity index (χ1) is 8.18. The van der Waals surface area contributed by atoms with Crippen LogP contribution < -0.4 is 11.1 Å². The molecule has 0 aliphatic rings. The molecule has 2 rings (SSSR count). The normalized spacial score (nSPS) is 14.2. The Morgan fingerprint density at radius 2 is 2.29 bits per heavy atom. The maximum Gasteiger partial charge on any atom is 0.242 e. The molecule has 0 radical (unpaired) electrons. The zero-order valence-electron chi connectivity index (χ0n) is 9.42. The Morgan fingerprint density at radius 3 is 2.88 bits per heavy atom. The topological polar surface area (TPSA) is 68.3 Å². The van der Waals surface area contributed by atoms with Gasteiger partial charge in [0.2, 0.25) is 5.91 Å². The van der Waals surface area contributed by atoms with Crippen molar-refractivity contribution in [2.45, 2.75) is 19.0 Å². The Balaban J connectivity index is 1.98. The van der Waals surface area contributed by atoms with Gasteiger partial charge in [-0.3, -0.25) is 4.79 Å². The van der Waals surface area contributed by atoms with E-state index in [1.165, 1.54) is 11.3 Å². The van der Waals surface area contributed by atoms with Crippen molar-refractivity contribution in [2.75, 3.05) is 0 Å². The molecule has 2 atom stereocenters. The fraction of sp³-hybridized carbons (Fsp3) is 0.250. The lowest BCUT2D eigenvalue weighted by Gasteiger charge is -2.15. The third-order valence-corrected chi connectivity index (χ3v) is 3.42. The van der Waals surface area contributed by atoms with Crippen molar-refractivity contribution < 1.29 is 9.21 Å². The molecular formula is C12H14N2O2S. The number of nitrogens with one attached hydrogen (secondary N) is 1. The smallest absolute Gasteiger partial charge is 0.242 e. The maximum absolute atomic E-state index is 11.9. The summed E-state index contributed by atoms with van der Waals surface area (Å²) in [7, 11) is 0. The van der Waals surface area contributed by atoms with E-state index in [4.69, 9.17) is 10.2 Å². The molecule has 0 aliphatic carbocycles. The second-order valence-electron chi connectivity index (χ2n) is 3.74. The number of furan rings is 1. The van der Waals surface area contributed by atoms with E-state index < -0.39 is 6.04 Å². The van der Waals surface area contributed by atoms with Crippen molar-refractivity contribution in [1.82, 2.24) is 5.32 Å². The van der Waals surface area contributed by atoms with Crippen LogP contribution >= 0.6 is 11.3 Å². The van der Waals surface area contributed by atoms with Gasteiger partial charge in [-0.2, -0.15) is 0 Å². The van der Waals surface area contributed by atoms with E-state index in [1.807, 2.05) is 30.5 Å². The molecule has 0 saturated heterocycles. The molecule has 3 N–H and O–H groups in total. The number of carbonyl (C=O) groups excluding carboxylic acids is 1. The second kappa shape index (κ2) is 5.16. The Labute approximate surface area is 103 Å². The predicted molar refractivity (Wildman–Crippen MR) is 66.5 cm³/mol. The molecule has 0 spiro atoms. The zero-order valence-corrected chi connectivity index (χ0v) is 10.2. The molecule has 2 aromatic rings. The van der Waals surface area contributed by atoms with Crippen molar-refractivity contribution >= 4 is 17.2 Å². The fourth-order valence-electron chi connectivity index (χ4n) is 1.51. The fourth-order valence-corrected chi connectivity index (χ4v) is 2.23. The van der Waals surface area contributed by atoms with Crippen LogP contribution in [0.1, 0.15) is 29.6 Å². The molecule has 5 heteroatoms. The van der Waals surface area contributed by atoms with E-state index in [9.17, 15) is 4.79 Å². The number of hydrogen-bond donors (Lipinski definition) is 2. The van der Waals surface area contributed by atoms with Gasteiger partial charge in [0.15, 0.2) is 0 Å². The van der Waals surface area contributed by atoms with Gasteiger partial charge < -0.3 is 15.5 Å². The number of thiophene rings is 1. The van der Waals surface area contributed by atoms with Gasteiger partial charge >= 0.3 is 0 Å². The zero-order chi connectivity index (χ0) is 12.3. The monoisotopic (exact) mass is 250 g/mol. The summed E-state index contributed by atoms with van der Waals surface area (Å²) in [6.07, 6.45) is 1.58. The Bertz CT molecular complexity index is 465. The summed E-state index contributed by atoms with van der Waals surface area (Å²) in [5.41, 5.74) is 5.85. The SMILES string of the molecule is C[C@@H](NC(=O)C(N)c1cccs1)c1ccco1. The summed E-state index contributed by atoms with van der Waals surface area (Å²) in [4.78, 5) is 12.7. The van der Waals surface area contributed by atoms with Gasteiger partial charge in [0, 0.05) is 4.88 Å². The predicted octanol–water partition coefficient (Wildman–Crippen LogP) is 2.22. The minimum Gasteiger partial charge on any atom is -0.467 e. The number of hydrogen-bond acceptors (Lipinski definition) is 4. The summed E-state index contributed by atoms with van der Waals surface area (Å²) < 4.78 is 5.21. The molecule has 2 heterocycles. The third-order valence-electron chi connectivity index (χ3n) is 2.46. The highest BCUT2D eigenvalue weighted by Crippen LogP contribution is 2.19. The third kappa shape index (κ3) is 2.75. The first kappa shape index (κ1) is 11.9. The standard InChI is InChI=1S/C12H14N2O2S/c1-8(9-4-2-6-16-9)14-12(15)11(13)10-5-3-7-17-10/h2-8,11H,13H2,1H3,(H,14,15)/t8-,11?/m1/s1. The van der Waals surface area contributed by atoms with Gasteiger partial charge in [0.1, 0.15) is 11.8 Å². The molecule has 0 aromatic carbocycles. The van der Waals surface area contributed by atoms with Gasteiger partial charge in [0.05, 0.1) is 12.3 Å². The van der Waals surface area contributed by atoms with Crippen LogP contribution in [-0.2, 0) is 4.79 Å². The van der Waals surface area contributed by atoms with Crippen molar-refractivity contribution in [1.29, 1.82) is 0 Å². The maximum atomic E-state index is 11.9. The summed E-state index contributed by atoms with van der Waals surface area (Å²) >= 11 is 1.47.